The molecular formula is C19H24ClNO2. The fourth-order valence-electron chi connectivity index (χ4n) is 3.23. The van der Waals surface area contributed by atoms with Gasteiger partial charge >= 0.3 is 0 Å². The van der Waals surface area contributed by atoms with Gasteiger partial charge in [0.15, 0.2) is 0 Å². The lowest BCUT2D eigenvalue weighted by Gasteiger charge is -2.35. The van der Waals surface area contributed by atoms with Gasteiger partial charge in [0, 0.05) is 13.1 Å². The topological polar surface area (TPSA) is 41.5 Å². The number of ether oxygens (including phenoxy) is 1. The number of halogens is 1. The molecule has 1 aliphatic rings. The first-order chi connectivity index (χ1) is 10.7. The Bertz CT molecular complexity index is 633. The van der Waals surface area contributed by atoms with Gasteiger partial charge in [0.25, 0.3) is 0 Å². The standard InChI is InChI=1S/C19H23NO2.ClH/c1-22-17-10-9-16-8-5-11-19(21,18(16)12-17)14-20-13-15-6-3-2-4-7-15;/h2-4,6-7,9-10,12,20-21H,5,8,11,13-14H2,1H3;1H. The summed E-state index contributed by atoms with van der Waals surface area (Å²) in [5, 5.41) is 14.5. The summed E-state index contributed by atoms with van der Waals surface area (Å²) in [6.07, 6.45) is 2.83. The van der Waals surface area contributed by atoms with Gasteiger partial charge in [-0.3, -0.25) is 0 Å². The fraction of sp³-hybridized carbons (Fsp3) is 0.368. The summed E-state index contributed by atoms with van der Waals surface area (Å²) in [6, 6.07) is 16.3. The minimum Gasteiger partial charge on any atom is -0.497 e. The molecule has 2 aromatic carbocycles. The second-order valence-electron chi connectivity index (χ2n) is 6.00. The lowest BCUT2D eigenvalue weighted by atomic mass is 9.79. The SMILES string of the molecule is COc1ccc2c(c1)C(O)(CNCc1ccccc1)CCC2.Cl. The Morgan fingerprint density at radius 2 is 1.96 bits per heavy atom. The van der Waals surface area contributed by atoms with Crippen LogP contribution in [0.4, 0.5) is 0 Å². The number of nitrogens with one attached hydrogen (secondary N) is 1. The lowest BCUT2D eigenvalue weighted by Crippen LogP contribution is -2.40. The van der Waals surface area contributed by atoms with Crippen LogP contribution in [0.2, 0.25) is 0 Å². The van der Waals surface area contributed by atoms with Crippen LogP contribution in [0.3, 0.4) is 0 Å². The van der Waals surface area contributed by atoms with E-state index < -0.39 is 5.60 Å². The van der Waals surface area contributed by atoms with Crippen LogP contribution in [0.15, 0.2) is 48.5 Å². The predicted molar refractivity (Wildman–Crippen MR) is 95.2 cm³/mol. The van der Waals surface area contributed by atoms with Crippen LogP contribution < -0.4 is 10.1 Å². The smallest absolute Gasteiger partial charge is 0.119 e. The molecule has 3 rings (SSSR count). The molecule has 1 atom stereocenters. The van der Waals surface area contributed by atoms with Gasteiger partial charge < -0.3 is 15.2 Å². The summed E-state index contributed by atoms with van der Waals surface area (Å²) >= 11 is 0. The van der Waals surface area contributed by atoms with Gasteiger partial charge in [-0.25, -0.2) is 0 Å². The molecule has 0 radical (unpaired) electrons. The van der Waals surface area contributed by atoms with Crippen molar-refractivity contribution in [1.82, 2.24) is 5.32 Å². The summed E-state index contributed by atoms with van der Waals surface area (Å²) in [4.78, 5) is 0. The molecule has 0 aliphatic heterocycles. The number of methoxy groups -OCH3 is 1. The quantitative estimate of drug-likeness (QED) is 0.880. The molecule has 0 saturated carbocycles. The highest BCUT2D eigenvalue weighted by atomic mass is 35.5. The summed E-state index contributed by atoms with van der Waals surface area (Å²) in [5.74, 6) is 0.808. The molecular weight excluding hydrogens is 310 g/mol. The second kappa shape index (κ2) is 7.82. The second-order valence-corrected chi connectivity index (χ2v) is 6.00. The first-order valence-corrected chi connectivity index (χ1v) is 7.86. The number of aliphatic hydroxyl groups is 1. The molecule has 0 heterocycles. The Kier molecular flexibility index (Phi) is 6.05. The van der Waals surface area contributed by atoms with Crippen molar-refractivity contribution in [1.29, 1.82) is 0 Å². The van der Waals surface area contributed by atoms with Crippen LogP contribution >= 0.6 is 12.4 Å². The third kappa shape index (κ3) is 4.05. The number of hydrogen-bond donors (Lipinski definition) is 2. The molecule has 0 saturated heterocycles. The molecule has 3 nitrogen and oxygen atoms in total. The maximum absolute atomic E-state index is 11.1. The van der Waals surface area contributed by atoms with Gasteiger partial charge in [0.2, 0.25) is 0 Å². The molecule has 23 heavy (non-hydrogen) atoms. The maximum Gasteiger partial charge on any atom is 0.119 e. The molecule has 1 aliphatic carbocycles. The van der Waals surface area contributed by atoms with Gasteiger partial charge in [0.1, 0.15) is 11.4 Å². The predicted octanol–water partition coefficient (Wildman–Crippen LogP) is 3.43. The molecule has 0 bridgehead atoms. The first-order valence-electron chi connectivity index (χ1n) is 7.86. The van der Waals surface area contributed by atoms with E-state index in [-0.39, 0.29) is 12.4 Å². The molecule has 4 heteroatoms. The van der Waals surface area contributed by atoms with E-state index in [2.05, 4.69) is 23.5 Å². The zero-order chi connectivity index (χ0) is 15.4. The maximum atomic E-state index is 11.1. The summed E-state index contributed by atoms with van der Waals surface area (Å²) in [5.41, 5.74) is 2.67. The summed E-state index contributed by atoms with van der Waals surface area (Å²) in [6.45, 7) is 1.32. The Labute approximate surface area is 144 Å². The molecule has 0 amide bonds. The minimum atomic E-state index is -0.809. The molecule has 0 spiro atoms. The van der Waals surface area contributed by atoms with Crippen LogP contribution in [0.25, 0.3) is 0 Å². The highest BCUT2D eigenvalue weighted by molar-refractivity contribution is 5.85. The van der Waals surface area contributed by atoms with Crippen molar-refractivity contribution in [3.05, 3.63) is 65.2 Å². The van der Waals surface area contributed by atoms with Gasteiger partial charge in [-0.05, 0) is 48.1 Å². The van der Waals surface area contributed by atoms with Gasteiger partial charge in [0.05, 0.1) is 7.11 Å². The van der Waals surface area contributed by atoms with Crippen LogP contribution in [0.1, 0.15) is 29.5 Å². The zero-order valence-corrected chi connectivity index (χ0v) is 14.2. The third-order valence-electron chi connectivity index (χ3n) is 4.44. The molecule has 2 aromatic rings. The average molecular weight is 334 g/mol. The van der Waals surface area contributed by atoms with Crippen molar-refractivity contribution in [3.8, 4) is 5.75 Å². The van der Waals surface area contributed by atoms with E-state index in [1.54, 1.807) is 7.11 Å². The van der Waals surface area contributed by atoms with Crippen molar-refractivity contribution in [2.75, 3.05) is 13.7 Å². The normalized spacial score (nSPS) is 19.6. The number of rotatable bonds is 5. The van der Waals surface area contributed by atoms with Crippen LogP contribution in [0.5, 0.6) is 5.75 Å². The minimum absolute atomic E-state index is 0. The van der Waals surface area contributed by atoms with Gasteiger partial charge in [-0.2, -0.15) is 0 Å². The largest absolute Gasteiger partial charge is 0.497 e. The molecule has 2 N–H and O–H groups in total. The average Bonchev–Trinajstić information content (AvgIpc) is 2.56. The molecule has 0 aromatic heterocycles. The van der Waals surface area contributed by atoms with E-state index in [0.717, 1.165) is 37.1 Å². The first kappa shape index (κ1) is 17.8. The van der Waals surface area contributed by atoms with E-state index in [0.29, 0.717) is 6.54 Å². The lowest BCUT2D eigenvalue weighted by molar-refractivity contribution is 0.0187. The van der Waals surface area contributed by atoms with Crippen LogP contribution in [-0.4, -0.2) is 18.8 Å². The number of benzene rings is 2. The third-order valence-corrected chi connectivity index (χ3v) is 4.44. The van der Waals surface area contributed by atoms with E-state index in [1.807, 2.05) is 30.3 Å². The fourth-order valence-corrected chi connectivity index (χ4v) is 3.23. The molecule has 0 fully saturated rings. The number of fused-ring (bicyclic) bond motifs is 1. The van der Waals surface area contributed by atoms with Gasteiger partial charge in [-0.15, -0.1) is 12.4 Å². The molecule has 1 unspecified atom stereocenters. The zero-order valence-electron chi connectivity index (χ0n) is 13.4. The summed E-state index contributed by atoms with van der Waals surface area (Å²) in [7, 11) is 1.66. The summed E-state index contributed by atoms with van der Waals surface area (Å²) < 4.78 is 5.32. The van der Waals surface area contributed by atoms with Crippen molar-refractivity contribution in [2.45, 2.75) is 31.4 Å². The Hall–Kier alpha value is -1.55. The molecule has 124 valence electrons. The number of aryl methyl sites for hydroxylation is 1. The van der Waals surface area contributed by atoms with Gasteiger partial charge in [-0.1, -0.05) is 36.4 Å². The highest BCUT2D eigenvalue weighted by Crippen LogP contribution is 2.36. The van der Waals surface area contributed by atoms with E-state index in [9.17, 15) is 5.11 Å². The number of hydrogen-bond acceptors (Lipinski definition) is 3. The Morgan fingerprint density at radius 1 is 1.17 bits per heavy atom. The van der Waals surface area contributed by atoms with E-state index in [4.69, 9.17) is 4.74 Å². The van der Waals surface area contributed by atoms with Crippen molar-refractivity contribution >= 4 is 12.4 Å². The van der Waals surface area contributed by atoms with E-state index >= 15 is 0 Å². The van der Waals surface area contributed by atoms with E-state index in [1.165, 1.54) is 11.1 Å². The van der Waals surface area contributed by atoms with Crippen molar-refractivity contribution in [3.63, 3.8) is 0 Å². The van der Waals surface area contributed by atoms with Crippen molar-refractivity contribution < 1.29 is 9.84 Å². The highest BCUT2D eigenvalue weighted by Gasteiger charge is 2.34. The Morgan fingerprint density at radius 3 is 2.70 bits per heavy atom. The monoisotopic (exact) mass is 333 g/mol. The Balaban J connectivity index is 0.00000192. The van der Waals surface area contributed by atoms with Crippen molar-refractivity contribution in [2.24, 2.45) is 0 Å². The van der Waals surface area contributed by atoms with Crippen LogP contribution in [0, 0.1) is 0 Å². The van der Waals surface area contributed by atoms with Crippen LogP contribution in [-0.2, 0) is 18.6 Å².